The minimum atomic E-state index is 0.0134. The Morgan fingerprint density at radius 1 is 1.26 bits per heavy atom. The van der Waals surface area contributed by atoms with Gasteiger partial charge in [-0.25, -0.2) is 0 Å². The molecule has 0 aromatic rings. The molecular weight excluding hydrogens is 238 g/mol. The largest absolute Gasteiger partial charge is 0.326 e. The number of unbranched alkanes of at least 4 members (excludes halogenated alkanes) is 1. The molecule has 1 aliphatic carbocycles. The number of nitrogens with one attached hydrogen (secondary N) is 1. The topological polar surface area (TPSA) is 35.6 Å². The van der Waals surface area contributed by atoms with Crippen LogP contribution in [0.5, 0.6) is 0 Å². The Morgan fingerprint density at radius 3 is 2.58 bits per heavy atom. The molecule has 2 unspecified atom stereocenters. The van der Waals surface area contributed by atoms with Crippen molar-refractivity contribution in [3.8, 4) is 0 Å². The van der Waals surface area contributed by atoms with E-state index in [-0.39, 0.29) is 6.04 Å². The van der Waals surface area contributed by atoms with Crippen LogP contribution in [0.2, 0.25) is 0 Å². The summed E-state index contributed by atoms with van der Waals surface area (Å²) in [6.45, 7) is 4.04. The van der Waals surface area contributed by atoms with Gasteiger partial charge in [0.15, 0.2) is 0 Å². The molecule has 1 saturated carbocycles. The van der Waals surface area contributed by atoms with Crippen LogP contribution in [-0.4, -0.2) is 55.1 Å². The summed E-state index contributed by atoms with van der Waals surface area (Å²) in [4.78, 5) is 16.6. The van der Waals surface area contributed by atoms with Crippen LogP contribution in [-0.2, 0) is 4.79 Å². The lowest BCUT2D eigenvalue weighted by atomic mass is 10.0. The molecule has 4 heteroatoms. The summed E-state index contributed by atoms with van der Waals surface area (Å²) in [6.07, 6.45) is 7.83. The second-order valence-corrected chi connectivity index (χ2v) is 6.42. The van der Waals surface area contributed by atoms with Gasteiger partial charge in [-0.3, -0.25) is 10.1 Å². The van der Waals surface area contributed by atoms with Gasteiger partial charge in [0.25, 0.3) is 0 Å². The third-order valence-corrected chi connectivity index (χ3v) is 4.51. The van der Waals surface area contributed by atoms with E-state index in [9.17, 15) is 4.79 Å². The molecule has 2 aliphatic rings. The van der Waals surface area contributed by atoms with Crippen LogP contribution in [0.1, 0.15) is 45.4 Å². The van der Waals surface area contributed by atoms with E-state index in [4.69, 9.17) is 0 Å². The van der Waals surface area contributed by atoms with E-state index in [0.717, 1.165) is 19.5 Å². The maximum Gasteiger partial charge on any atom is 0.240 e. The Morgan fingerprint density at radius 2 is 1.95 bits per heavy atom. The summed E-state index contributed by atoms with van der Waals surface area (Å²) in [7, 11) is 4.21. The molecule has 2 atom stereocenters. The summed E-state index contributed by atoms with van der Waals surface area (Å²) >= 11 is 0. The average molecular weight is 267 g/mol. The predicted molar refractivity (Wildman–Crippen MR) is 77.8 cm³/mol. The second-order valence-electron chi connectivity index (χ2n) is 6.42. The molecular formula is C15H29N3O. The second kappa shape index (κ2) is 6.71. The van der Waals surface area contributed by atoms with E-state index >= 15 is 0 Å². The molecule has 0 bridgehead atoms. The van der Waals surface area contributed by atoms with Gasteiger partial charge in [0.1, 0.15) is 0 Å². The fourth-order valence-electron chi connectivity index (χ4n) is 3.43. The first kappa shape index (κ1) is 14.8. The quantitative estimate of drug-likeness (QED) is 0.744. The summed E-state index contributed by atoms with van der Waals surface area (Å²) in [5.74, 6) is 0.990. The van der Waals surface area contributed by atoms with E-state index in [1.54, 1.807) is 0 Å². The third-order valence-electron chi connectivity index (χ3n) is 4.51. The van der Waals surface area contributed by atoms with Crippen molar-refractivity contribution >= 4 is 5.91 Å². The minimum absolute atomic E-state index is 0.0134. The molecule has 1 amide bonds. The smallest absolute Gasteiger partial charge is 0.240 e. The van der Waals surface area contributed by atoms with Crippen LogP contribution in [0.15, 0.2) is 0 Å². The lowest BCUT2D eigenvalue weighted by Gasteiger charge is -2.29. The van der Waals surface area contributed by atoms with Gasteiger partial charge in [0.2, 0.25) is 5.91 Å². The number of carbonyl (C=O) groups excluding carboxylic acids is 1. The zero-order chi connectivity index (χ0) is 13.8. The van der Waals surface area contributed by atoms with Crippen molar-refractivity contribution in [3.63, 3.8) is 0 Å². The molecule has 4 nitrogen and oxygen atoms in total. The standard InChI is InChI=1S/C15H29N3O/c1-12-15(19)18(11-7-6-10-17(2)3)14(16-12)13-8-4-5-9-13/h12-14,16H,4-11H2,1-3H3. The van der Waals surface area contributed by atoms with Crippen LogP contribution < -0.4 is 5.32 Å². The van der Waals surface area contributed by atoms with Gasteiger partial charge in [-0.15, -0.1) is 0 Å². The maximum absolute atomic E-state index is 12.3. The first-order chi connectivity index (χ1) is 9.09. The SMILES string of the molecule is CC1NC(C2CCCC2)N(CCCCN(C)C)C1=O. The Labute approximate surface area is 117 Å². The van der Waals surface area contributed by atoms with Crippen molar-refractivity contribution in [2.24, 2.45) is 5.92 Å². The Bertz CT molecular complexity index is 300. The molecule has 1 saturated heterocycles. The average Bonchev–Trinajstić information content (AvgIpc) is 2.96. The van der Waals surface area contributed by atoms with Crippen molar-refractivity contribution in [1.29, 1.82) is 0 Å². The number of rotatable bonds is 6. The molecule has 1 aliphatic heterocycles. The van der Waals surface area contributed by atoms with E-state index in [0.29, 0.717) is 18.0 Å². The zero-order valence-electron chi connectivity index (χ0n) is 12.7. The van der Waals surface area contributed by atoms with Gasteiger partial charge in [0.05, 0.1) is 12.2 Å². The van der Waals surface area contributed by atoms with Crippen LogP contribution in [0.25, 0.3) is 0 Å². The maximum atomic E-state index is 12.3. The summed E-state index contributed by atoms with van der Waals surface area (Å²) in [5.41, 5.74) is 0. The van der Waals surface area contributed by atoms with Gasteiger partial charge >= 0.3 is 0 Å². The summed E-state index contributed by atoms with van der Waals surface area (Å²) < 4.78 is 0. The monoisotopic (exact) mass is 267 g/mol. The molecule has 110 valence electrons. The Balaban J connectivity index is 1.85. The van der Waals surface area contributed by atoms with Crippen LogP contribution in [0.3, 0.4) is 0 Å². The lowest BCUT2D eigenvalue weighted by molar-refractivity contribution is -0.130. The van der Waals surface area contributed by atoms with Crippen molar-refractivity contribution in [3.05, 3.63) is 0 Å². The molecule has 0 spiro atoms. The van der Waals surface area contributed by atoms with Crippen molar-refractivity contribution in [1.82, 2.24) is 15.1 Å². The van der Waals surface area contributed by atoms with Crippen LogP contribution >= 0.6 is 0 Å². The van der Waals surface area contributed by atoms with Crippen LogP contribution in [0, 0.1) is 5.92 Å². The zero-order valence-corrected chi connectivity index (χ0v) is 12.7. The van der Waals surface area contributed by atoms with Crippen molar-refractivity contribution in [2.75, 3.05) is 27.2 Å². The van der Waals surface area contributed by atoms with E-state index in [1.807, 2.05) is 6.92 Å². The third kappa shape index (κ3) is 3.69. The van der Waals surface area contributed by atoms with E-state index in [2.05, 4.69) is 29.2 Å². The highest BCUT2D eigenvalue weighted by Gasteiger charge is 2.40. The van der Waals surface area contributed by atoms with Gasteiger partial charge < -0.3 is 9.80 Å². The van der Waals surface area contributed by atoms with Crippen molar-refractivity contribution in [2.45, 2.75) is 57.7 Å². The summed E-state index contributed by atoms with van der Waals surface area (Å²) in [6, 6.07) is 0.0134. The minimum Gasteiger partial charge on any atom is -0.326 e. The molecule has 2 rings (SSSR count). The fraction of sp³-hybridized carbons (Fsp3) is 0.933. The van der Waals surface area contributed by atoms with E-state index in [1.165, 1.54) is 32.1 Å². The van der Waals surface area contributed by atoms with Crippen LogP contribution in [0.4, 0.5) is 0 Å². The first-order valence-corrected chi connectivity index (χ1v) is 7.81. The predicted octanol–water partition coefficient (Wildman–Crippen LogP) is 1.66. The molecule has 19 heavy (non-hydrogen) atoms. The molecule has 1 heterocycles. The highest BCUT2D eigenvalue weighted by molar-refractivity contribution is 5.83. The molecule has 1 N–H and O–H groups in total. The highest BCUT2D eigenvalue weighted by atomic mass is 16.2. The molecule has 0 aromatic heterocycles. The number of hydrogen-bond acceptors (Lipinski definition) is 3. The van der Waals surface area contributed by atoms with E-state index < -0.39 is 0 Å². The number of amides is 1. The lowest BCUT2D eigenvalue weighted by Crippen LogP contribution is -2.43. The number of carbonyl (C=O) groups is 1. The number of hydrogen-bond donors (Lipinski definition) is 1. The molecule has 0 radical (unpaired) electrons. The molecule has 0 aromatic carbocycles. The van der Waals surface area contributed by atoms with Crippen molar-refractivity contribution < 1.29 is 4.79 Å². The summed E-state index contributed by atoms with van der Waals surface area (Å²) in [5, 5.41) is 3.51. The van der Waals surface area contributed by atoms with Gasteiger partial charge in [-0.1, -0.05) is 12.8 Å². The Kier molecular flexibility index (Phi) is 5.22. The fourth-order valence-corrected chi connectivity index (χ4v) is 3.43. The van der Waals surface area contributed by atoms with Gasteiger partial charge in [0, 0.05) is 6.54 Å². The number of nitrogens with zero attached hydrogens (tertiary/aromatic N) is 2. The first-order valence-electron chi connectivity index (χ1n) is 7.81. The van der Waals surface area contributed by atoms with Gasteiger partial charge in [-0.2, -0.15) is 0 Å². The normalized spacial score (nSPS) is 28.8. The van der Waals surface area contributed by atoms with Gasteiger partial charge in [-0.05, 0) is 59.2 Å². The Hall–Kier alpha value is -0.610. The molecule has 2 fully saturated rings. The highest BCUT2D eigenvalue weighted by Crippen LogP contribution is 2.32.